The lowest BCUT2D eigenvalue weighted by Gasteiger charge is -2.29. The maximum atomic E-state index is 12.4. The molecule has 2 N–H and O–H groups in total. The number of ether oxygens (including phenoxy) is 1. The zero-order valence-electron chi connectivity index (χ0n) is 15.2. The molecule has 1 aromatic carbocycles. The predicted molar refractivity (Wildman–Crippen MR) is 102 cm³/mol. The Hall–Kier alpha value is -1.20. The molecule has 0 aromatic heterocycles. The summed E-state index contributed by atoms with van der Waals surface area (Å²) in [6, 6.07) is 8.30. The van der Waals surface area contributed by atoms with Crippen molar-refractivity contribution in [1.29, 1.82) is 0 Å². The van der Waals surface area contributed by atoms with Crippen LogP contribution in [0, 0.1) is 5.92 Å². The Morgan fingerprint density at radius 1 is 1.38 bits per heavy atom. The number of benzene rings is 1. The summed E-state index contributed by atoms with van der Waals surface area (Å²) in [6.45, 7) is 10.0. The van der Waals surface area contributed by atoms with E-state index in [4.69, 9.17) is 4.74 Å². The Kier molecular flexibility index (Phi) is 6.99. The Morgan fingerprint density at radius 3 is 2.67 bits per heavy atom. The number of rotatable bonds is 7. The van der Waals surface area contributed by atoms with Crippen LogP contribution in [0.15, 0.2) is 24.3 Å². The van der Waals surface area contributed by atoms with Gasteiger partial charge in [0.1, 0.15) is 5.75 Å². The Morgan fingerprint density at radius 2 is 2.08 bits per heavy atom. The van der Waals surface area contributed by atoms with E-state index in [9.17, 15) is 4.79 Å². The van der Waals surface area contributed by atoms with Gasteiger partial charge >= 0.3 is 0 Å². The lowest BCUT2D eigenvalue weighted by Crippen LogP contribution is -2.46. The molecule has 1 atom stereocenters. The van der Waals surface area contributed by atoms with E-state index in [0.29, 0.717) is 18.9 Å². The van der Waals surface area contributed by atoms with Gasteiger partial charge in [-0.05, 0) is 37.5 Å². The second-order valence-corrected chi connectivity index (χ2v) is 8.48. The van der Waals surface area contributed by atoms with Gasteiger partial charge in [-0.1, -0.05) is 26.0 Å². The fourth-order valence-electron chi connectivity index (χ4n) is 2.68. The summed E-state index contributed by atoms with van der Waals surface area (Å²) < 4.78 is 5.72. The third-order valence-electron chi connectivity index (χ3n) is 4.04. The molecule has 134 valence electrons. The van der Waals surface area contributed by atoms with Crippen LogP contribution in [0.3, 0.4) is 0 Å². The van der Waals surface area contributed by atoms with E-state index in [2.05, 4.69) is 24.5 Å². The second kappa shape index (κ2) is 8.77. The molecular formula is C19H30N2O2S. The average Bonchev–Trinajstić information content (AvgIpc) is 2.53. The quantitative estimate of drug-likeness (QED) is 0.793. The fraction of sp³-hybridized carbons (Fsp3) is 0.632. The van der Waals surface area contributed by atoms with Crippen molar-refractivity contribution in [3.05, 3.63) is 29.8 Å². The summed E-state index contributed by atoms with van der Waals surface area (Å²) in [5.74, 6) is 3.62. The van der Waals surface area contributed by atoms with Gasteiger partial charge in [-0.15, -0.1) is 0 Å². The van der Waals surface area contributed by atoms with Crippen LogP contribution >= 0.6 is 11.8 Å². The summed E-state index contributed by atoms with van der Waals surface area (Å²) in [6.07, 6.45) is 0.534. The first kappa shape index (κ1) is 19.1. The van der Waals surface area contributed by atoms with Gasteiger partial charge in [-0.3, -0.25) is 4.79 Å². The molecule has 0 bridgehead atoms. The van der Waals surface area contributed by atoms with Crippen molar-refractivity contribution in [2.24, 2.45) is 5.92 Å². The van der Waals surface area contributed by atoms with Crippen molar-refractivity contribution in [3.63, 3.8) is 0 Å². The first-order valence-corrected chi connectivity index (χ1v) is 9.88. The number of carbonyl (C=O) groups is 1. The number of thioether (sulfide) groups is 1. The van der Waals surface area contributed by atoms with Crippen molar-refractivity contribution in [2.75, 3.05) is 24.7 Å². The third kappa shape index (κ3) is 6.02. The first-order valence-electron chi connectivity index (χ1n) is 8.72. The lowest BCUT2D eigenvalue weighted by molar-refractivity contribution is -0.123. The molecule has 0 saturated carbocycles. The molecule has 1 aromatic rings. The molecule has 1 aliphatic heterocycles. The maximum Gasteiger partial charge on any atom is 0.222 e. The number of hydrogen-bond donors (Lipinski definition) is 2. The molecule has 1 aliphatic rings. The number of hydrogen-bond acceptors (Lipinski definition) is 4. The molecule has 2 rings (SSSR count). The highest BCUT2D eigenvalue weighted by Gasteiger charge is 2.25. The fourth-order valence-corrected chi connectivity index (χ4v) is 3.63. The molecule has 4 nitrogen and oxygen atoms in total. The van der Waals surface area contributed by atoms with E-state index >= 15 is 0 Å². The Bertz CT molecular complexity index is 523. The van der Waals surface area contributed by atoms with Crippen LogP contribution in [0.1, 0.15) is 39.7 Å². The van der Waals surface area contributed by atoms with Crippen LogP contribution in [-0.4, -0.2) is 36.6 Å². The average molecular weight is 351 g/mol. The third-order valence-corrected chi connectivity index (χ3v) is 5.17. The smallest absolute Gasteiger partial charge is 0.222 e. The number of amides is 1. The van der Waals surface area contributed by atoms with Crippen molar-refractivity contribution < 1.29 is 9.53 Å². The standard InChI is InChI=1S/C19H30N2O2S/c1-14(2)12-23-17-7-5-15(6-8-17)19(3,4)21-18(22)11-16-13-24-10-9-20-16/h5-8,14,16,20H,9-13H2,1-4H3,(H,21,22). The van der Waals surface area contributed by atoms with Crippen molar-refractivity contribution in [2.45, 2.75) is 45.7 Å². The van der Waals surface area contributed by atoms with Crippen molar-refractivity contribution in [1.82, 2.24) is 10.6 Å². The SMILES string of the molecule is CC(C)COc1ccc(C(C)(C)NC(=O)CC2CSCCN2)cc1. The minimum absolute atomic E-state index is 0.0973. The van der Waals surface area contributed by atoms with E-state index in [0.717, 1.165) is 29.4 Å². The molecule has 24 heavy (non-hydrogen) atoms. The Labute approximate surface area is 150 Å². The molecule has 1 fully saturated rings. The van der Waals surface area contributed by atoms with Gasteiger partial charge in [0, 0.05) is 30.5 Å². The normalized spacial score (nSPS) is 18.5. The van der Waals surface area contributed by atoms with Gasteiger partial charge in [0.2, 0.25) is 5.91 Å². The maximum absolute atomic E-state index is 12.4. The largest absolute Gasteiger partial charge is 0.493 e. The summed E-state index contributed by atoms with van der Waals surface area (Å²) in [5.41, 5.74) is 0.689. The second-order valence-electron chi connectivity index (χ2n) is 7.33. The summed E-state index contributed by atoms with van der Waals surface area (Å²) >= 11 is 1.91. The van der Waals surface area contributed by atoms with E-state index in [-0.39, 0.29) is 11.9 Å². The topological polar surface area (TPSA) is 50.4 Å². The van der Waals surface area contributed by atoms with Gasteiger partial charge < -0.3 is 15.4 Å². The first-order chi connectivity index (χ1) is 11.4. The van der Waals surface area contributed by atoms with E-state index in [1.54, 1.807) is 0 Å². The molecule has 0 aliphatic carbocycles. The minimum atomic E-state index is -0.393. The van der Waals surface area contributed by atoms with Gasteiger partial charge in [0.15, 0.2) is 0 Å². The number of carbonyl (C=O) groups excluding carboxylic acids is 1. The van der Waals surface area contributed by atoms with Gasteiger partial charge in [0.25, 0.3) is 0 Å². The zero-order chi connectivity index (χ0) is 17.6. The van der Waals surface area contributed by atoms with Crippen LogP contribution < -0.4 is 15.4 Å². The van der Waals surface area contributed by atoms with Crippen LogP contribution in [0.4, 0.5) is 0 Å². The van der Waals surface area contributed by atoms with Gasteiger partial charge in [0.05, 0.1) is 12.1 Å². The summed E-state index contributed by atoms with van der Waals surface area (Å²) in [5, 5.41) is 6.57. The molecule has 5 heteroatoms. The summed E-state index contributed by atoms with van der Waals surface area (Å²) in [7, 11) is 0. The Balaban J connectivity index is 1.89. The van der Waals surface area contributed by atoms with Crippen molar-refractivity contribution in [3.8, 4) is 5.75 Å². The predicted octanol–water partition coefficient (Wildman–Crippen LogP) is 3.17. The summed E-state index contributed by atoms with van der Waals surface area (Å²) in [4.78, 5) is 12.4. The van der Waals surface area contributed by atoms with Gasteiger partial charge in [-0.25, -0.2) is 0 Å². The van der Waals surface area contributed by atoms with Crippen LogP contribution in [0.5, 0.6) is 5.75 Å². The van der Waals surface area contributed by atoms with Crippen LogP contribution in [0.2, 0.25) is 0 Å². The van der Waals surface area contributed by atoms with E-state index < -0.39 is 5.54 Å². The highest BCUT2D eigenvalue weighted by molar-refractivity contribution is 7.99. The molecule has 1 unspecified atom stereocenters. The highest BCUT2D eigenvalue weighted by Crippen LogP contribution is 2.23. The van der Waals surface area contributed by atoms with Crippen LogP contribution in [0.25, 0.3) is 0 Å². The van der Waals surface area contributed by atoms with Crippen LogP contribution in [-0.2, 0) is 10.3 Å². The molecule has 0 radical (unpaired) electrons. The monoisotopic (exact) mass is 350 g/mol. The molecular weight excluding hydrogens is 320 g/mol. The zero-order valence-corrected chi connectivity index (χ0v) is 16.0. The lowest BCUT2D eigenvalue weighted by atomic mass is 9.94. The highest BCUT2D eigenvalue weighted by atomic mass is 32.2. The van der Waals surface area contributed by atoms with Crippen molar-refractivity contribution >= 4 is 17.7 Å². The molecule has 1 saturated heterocycles. The minimum Gasteiger partial charge on any atom is -0.493 e. The molecule has 1 amide bonds. The van der Waals surface area contributed by atoms with Gasteiger partial charge in [-0.2, -0.15) is 11.8 Å². The molecule has 1 heterocycles. The van der Waals surface area contributed by atoms with E-state index in [1.807, 2.05) is 49.9 Å². The molecule has 0 spiro atoms. The van der Waals surface area contributed by atoms with E-state index in [1.165, 1.54) is 0 Å². The number of nitrogens with one attached hydrogen (secondary N) is 2.